The molecule has 0 radical (unpaired) electrons. The van der Waals surface area contributed by atoms with Gasteiger partial charge in [0.25, 0.3) is 0 Å². The van der Waals surface area contributed by atoms with Gasteiger partial charge in [-0.1, -0.05) is 18.2 Å². The maximum Gasteiger partial charge on any atom is 0.326 e. The zero-order valence-corrected chi connectivity index (χ0v) is 11.2. The summed E-state index contributed by atoms with van der Waals surface area (Å²) in [5.74, 6) is -0.999. The fourth-order valence-corrected chi connectivity index (χ4v) is 2.92. The van der Waals surface area contributed by atoms with Gasteiger partial charge in [0.1, 0.15) is 6.04 Å². The van der Waals surface area contributed by atoms with Gasteiger partial charge in [-0.15, -0.1) is 0 Å². The lowest BCUT2D eigenvalue weighted by atomic mass is 10.1. The van der Waals surface area contributed by atoms with Gasteiger partial charge in [-0.05, 0) is 18.1 Å². The van der Waals surface area contributed by atoms with Crippen LogP contribution in [0.2, 0.25) is 0 Å². The molecule has 5 heteroatoms. The second-order valence-electron chi connectivity index (χ2n) is 5.20. The van der Waals surface area contributed by atoms with Crippen LogP contribution < -0.4 is 0 Å². The molecule has 1 aromatic carbocycles. The molecule has 1 aromatic heterocycles. The van der Waals surface area contributed by atoms with E-state index in [-0.39, 0.29) is 5.91 Å². The van der Waals surface area contributed by atoms with E-state index in [0.717, 1.165) is 16.5 Å². The third-order valence-corrected chi connectivity index (χ3v) is 3.93. The molecule has 1 saturated heterocycles. The first-order chi connectivity index (χ1) is 9.58. The van der Waals surface area contributed by atoms with E-state index in [1.165, 1.54) is 4.90 Å². The second-order valence-corrected chi connectivity index (χ2v) is 5.20. The summed E-state index contributed by atoms with van der Waals surface area (Å²) in [6.07, 6.45) is 2.69. The van der Waals surface area contributed by atoms with Crippen molar-refractivity contribution in [3.8, 4) is 0 Å². The fraction of sp³-hybridized carbons (Fsp3) is 0.333. The Bertz CT molecular complexity index is 689. The summed E-state index contributed by atoms with van der Waals surface area (Å²) >= 11 is 0. The van der Waals surface area contributed by atoms with Crippen molar-refractivity contribution in [3.05, 3.63) is 36.0 Å². The van der Waals surface area contributed by atoms with E-state index < -0.39 is 12.0 Å². The molecule has 1 aliphatic heterocycles. The maximum absolute atomic E-state index is 11.9. The Hall–Kier alpha value is -2.30. The van der Waals surface area contributed by atoms with Crippen LogP contribution in [0.25, 0.3) is 10.9 Å². The minimum Gasteiger partial charge on any atom is -0.480 e. The van der Waals surface area contributed by atoms with E-state index in [9.17, 15) is 14.7 Å². The second kappa shape index (κ2) is 4.67. The summed E-state index contributed by atoms with van der Waals surface area (Å²) in [5, 5.41) is 10.3. The molecule has 2 heterocycles. The van der Waals surface area contributed by atoms with Gasteiger partial charge in [-0.2, -0.15) is 0 Å². The Morgan fingerprint density at radius 2 is 2.15 bits per heavy atom. The van der Waals surface area contributed by atoms with E-state index >= 15 is 0 Å². The molecule has 1 aliphatic rings. The average molecular weight is 272 g/mol. The number of rotatable bonds is 3. The first-order valence-corrected chi connectivity index (χ1v) is 6.63. The average Bonchev–Trinajstić information content (AvgIpc) is 2.94. The standard InChI is InChI=1S/C15H16N2O3/c1-16-8-10(11-4-2-3-5-12(11)16)9-17-13(15(19)20)6-7-14(17)18/h2-5,8,13H,6-7,9H2,1H3,(H,19,20). The monoisotopic (exact) mass is 272 g/mol. The van der Waals surface area contributed by atoms with Gasteiger partial charge in [0.05, 0.1) is 0 Å². The van der Waals surface area contributed by atoms with Crippen LogP contribution in [0.1, 0.15) is 18.4 Å². The summed E-state index contributed by atoms with van der Waals surface area (Å²) in [6, 6.07) is 7.24. The number of aromatic nitrogens is 1. The lowest BCUT2D eigenvalue weighted by Crippen LogP contribution is -2.37. The number of aliphatic carboxylic acids is 1. The third kappa shape index (κ3) is 1.95. The Morgan fingerprint density at radius 1 is 1.40 bits per heavy atom. The first-order valence-electron chi connectivity index (χ1n) is 6.63. The molecular formula is C15H16N2O3. The van der Waals surface area contributed by atoms with Crippen molar-refractivity contribution in [2.75, 3.05) is 0 Å². The van der Waals surface area contributed by atoms with Gasteiger partial charge in [-0.3, -0.25) is 4.79 Å². The SMILES string of the molecule is Cn1cc(CN2C(=O)CCC2C(=O)O)c2ccccc21. The molecule has 1 fully saturated rings. The largest absolute Gasteiger partial charge is 0.480 e. The van der Waals surface area contributed by atoms with Crippen LogP contribution in [-0.4, -0.2) is 32.5 Å². The molecule has 3 rings (SSSR count). The Morgan fingerprint density at radius 3 is 2.90 bits per heavy atom. The lowest BCUT2D eigenvalue weighted by molar-refractivity contribution is -0.146. The highest BCUT2D eigenvalue weighted by molar-refractivity contribution is 5.88. The number of amides is 1. The van der Waals surface area contributed by atoms with Crippen LogP contribution in [-0.2, 0) is 23.2 Å². The van der Waals surface area contributed by atoms with Crippen molar-refractivity contribution in [2.24, 2.45) is 7.05 Å². The summed E-state index contributed by atoms with van der Waals surface area (Å²) in [7, 11) is 1.95. The predicted octanol–water partition coefficient (Wildman–Crippen LogP) is 1.75. The summed E-state index contributed by atoms with van der Waals surface area (Å²) in [5.41, 5.74) is 2.07. The molecule has 0 saturated carbocycles. The molecule has 1 atom stereocenters. The summed E-state index contributed by atoms with van der Waals surface area (Å²) in [6.45, 7) is 0.358. The van der Waals surface area contributed by atoms with Crippen LogP contribution in [0.4, 0.5) is 0 Å². The highest BCUT2D eigenvalue weighted by atomic mass is 16.4. The number of carboxylic acids is 1. The van der Waals surface area contributed by atoms with Crippen molar-refractivity contribution >= 4 is 22.8 Å². The normalized spacial score (nSPS) is 18.9. The summed E-state index contributed by atoms with van der Waals surface area (Å²) < 4.78 is 2.00. The molecule has 2 aromatic rings. The quantitative estimate of drug-likeness (QED) is 0.926. The van der Waals surface area contributed by atoms with Gasteiger partial charge in [0, 0.05) is 37.1 Å². The Labute approximate surface area is 116 Å². The molecule has 5 nitrogen and oxygen atoms in total. The van der Waals surface area contributed by atoms with Crippen LogP contribution in [0.15, 0.2) is 30.5 Å². The van der Waals surface area contributed by atoms with Gasteiger partial charge in [-0.25, -0.2) is 4.79 Å². The molecule has 0 bridgehead atoms. The molecular weight excluding hydrogens is 256 g/mol. The molecule has 1 unspecified atom stereocenters. The highest BCUT2D eigenvalue weighted by Crippen LogP contribution is 2.26. The summed E-state index contributed by atoms with van der Waals surface area (Å²) in [4.78, 5) is 24.6. The van der Waals surface area contributed by atoms with Crippen molar-refractivity contribution in [1.29, 1.82) is 0 Å². The number of para-hydroxylation sites is 1. The van der Waals surface area contributed by atoms with Crippen molar-refractivity contribution in [3.63, 3.8) is 0 Å². The van der Waals surface area contributed by atoms with Crippen molar-refractivity contribution < 1.29 is 14.7 Å². The smallest absolute Gasteiger partial charge is 0.326 e. The van der Waals surface area contributed by atoms with Crippen molar-refractivity contribution in [1.82, 2.24) is 9.47 Å². The minimum absolute atomic E-state index is 0.0784. The number of carbonyl (C=O) groups is 2. The molecule has 20 heavy (non-hydrogen) atoms. The number of benzene rings is 1. The number of fused-ring (bicyclic) bond motifs is 1. The van der Waals surface area contributed by atoms with Gasteiger partial charge in [0.2, 0.25) is 5.91 Å². The number of carboxylic acid groups (broad SMARTS) is 1. The topological polar surface area (TPSA) is 62.5 Å². The zero-order valence-electron chi connectivity index (χ0n) is 11.2. The zero-order chi connectivity index (χ0) is 14.3. The molecule has 1 N–H and O–H groups in total. The van der Waals surface area contributed by atoms with E-state index in [1.807, 2.05) is 42.1 Å². The molecule has 1 amide bonds. The Kier molecular flexibility index (Phi) is 2.97. The fourth-order valence-electron chi connectivity index (χ4n) is 2.92. The van der Waals surface area contributed by atoms with Crippen LogP contribution in [0, 0.1) is 0 Å². The predicted molar refractivity (Wildman–Crippen MR) is 74.1 cm³/mol. The Balaban J connectivity index is 1.96. The molecule has 0 spiro atoms. The number of likely N-dealkylation sites (tertiary alicyclic amines) is 1. The first kappa shape index (κ1) is 12.7. The van der Waals surface area contributed by atoms with Crippen LogP contribution >= 0.6 is 0 Å². The lowest BCUT2D eigenvalue weighted by Gasteiger charge is -2.21. The molecule has 104 valence electrons. The van der Waals surface area contributed by atoms with E-state index in [4.69, 9.17) is 0 Å². The van der Waals surface area contributed by atoms with Crippen LogP contribution in [0.3, 0.4) is 0 Å². The van der Waals surface area contributed by atoms with Gasteiger partial charge in [0.15, 0.2) is 0 Å². The number of nitrogens with zero attached hydrogens (tertiary/aromatic N) is 2. The van der Waals surface area contributed by atoms with Crippen LogP contribution in [0.5, 0.6) is 0 Å². The minimum atomic E-state index is -0.920. The van der Waals surface area contributed by atoms with Crippen molar-refractivity contribution in [2.45, 2.75) is 25.4 Å². The number of aryl methyl sites for hydroxylation is 1. The number of hydrogen-bond donors (Lipinski definition) is 1. The van der Waals surface area contributed by atoms with Gasteiger partial charge >= 0.3 is 5.97 Å². The van der Waals surface area contributed by atoms with E-state index in [0.29, 0.717) is 19.4 Å². The maximum atomic E-state index is 11.9. The number of carbonyl (C=O) groups excluding carboxylic acids is 1. The van der Waals surface area contributed by atoms with Gasteiger partial charge < -0.3 is 14.6 Å². The highest BCUT2D eigenvalue weighted by Gasteiger charge is 2.36. The molecule has 0 aliphatic carbocycles. The van der Waals surface area contributed by atoms with E-state index in [1.54, 1.807) is 0 Å². The number of hydrogen-bond acceptors (Lipinski definition) is 2. The third-order valence-electron chi connectivity index (χ3n) is 3.93. The van der Waals surface area contributed by atoms with E-state index in [2.05, 4.69) is 0 Å².